The van der Waals surface area contributed by atoms with Crippen molar-refractivity contribution >= 4 is 18.0 Å². The summed E-state index contributed by atoms with van der Waals surface area (Å²) in [5.41, 5.74) is 2.70. The van der Waals surface area contributed by atoms with Gasteiger partial charge in [0.05, 0.1) is 16.9 Å². The van der Waals surface area contributed by atoms with Gasteiger partial charge in [-0.2, -0.15) is 0 Å². The van der Waals surface area contributed by atoms with Crippen LogP contribution in [-0.4, -0.2) is 53.2 Å². The smallest absolute Gasteiger partial charge is 0.407 e. The van der Waals surface area contributed by atoms with Crippen LogP contribution in [0.5, 0.6) is 0 Å². The van der Waals surface area contributed by atoms with E-state index in [-0.39, 0.29) is 31.5 Å². The van der Waals surface area contributed by atoms with E-state index >= 15 is 0 Å². The summed E-state index contributed by atoms with van der Waals surface area (Å²) in [6.45, 7) is 7.65. The molecule has 4 rings (SSSR count). The summed E-state index contributed by atoms with van der Waals surface area (Å²) in [6.07, 6.45) is -0.588. The van der Waals surface area contributed by atoms with Crippen molar-refractivity contribution in [1.29, 1.82) is 0 Å². The molecular weight excluding hydrogens is 420 g/mol. The number of nitrogens with zero attached hydrogens (tertiary/aromatic N) is 1. The second-order valence-electron chi connectivity index (χ2n) is 9.95. The molecule has 1 heterocycles. The number of carbonyl (C=O) groups excluding carboxylic acids is 2. The number of nitrogens with one attached hydrogen (secondary N) is 1. The highest BCUT2D eigenvalue weighted by molar-refractivity contribution is 5.87. The largest absolute Gasteiger partial charge is 0.481 e. The van der Waals surface area contributed by atoms with E-state index in [1.54, 1.807) is 27.7 Å². The van der Waals surface area contributed by atoms with E-state index in [1.165, 1.54) is 4.90 Å². The molecule has 0 aromatic heterocycles. The van der Waals surface area contributed by atoms with Crippen LogP contribution in [0.25, 0.3) is 11.1 Å². The fourth-order valence-corrected chi connectivity index (χ4v) is 4.51. The van der Waals surface area contributed by atoms with Gasteiger partial charge in [-0.1, -0.05) is 48.5 Å². The minimum absolute atomic E-state index is 0.0463. The van der Waals surface area contributed by atoms with Crippen molar-refractivity contribution in [2.45, 2.75) is 39.2 Å². The van der Waals surface area contributed by atoms with Crippen LogP contribution in [0.4, 0.5) is 4.79 Å². The molecule has 0 unspecified atom stereocenters. The number of carbonyl (C=O) groups is 3. The van der Waals surface area contributed by atoms with Gasteiger partial charge in [0, 0.05) is 19.0 Å². The van der Waals surface area contributed by atoms with Crippen molar-refractivity contribution in [3.63, 3.8) is 0 Å². The summed E-state index contributed by atoms with van der Waals surface area (Å²) in [5.74, 6) is -1.66. The Morgan fingerprint density at radius 3 is 2.00 bits per heavy atom. The van der Waals surface area contributed by atoms with Crippen molar-refractivity contribution < 1.29 is 24.2 Å². The molecule has 33 heavy (non-hydrogen) atoms. The van der Waals surface area contributed by atoms with Crippen LogP contribution >= 0.6 is 0 Å². The lowest BCUT2D eigenvalue weighted by Crippen LogP contribution is -2.64. The molecule has 0 saturated carbocycles. The van der Waals surface area contributed by atoms with Crippen molar-refractivity contribution in [1.82, 2.24) is 10.2 Å². The predicted octanol–water partition coefficient (Wildman–Crippen LogP) is 3.87. The van der Waals surface area contributed by atoms with Gasteiger partial charge < -0.3 is 20.1 Å². The minimum atomic E-state index is -0.956. The van der Waals surface area contributed by atoms with Gasteiger partial charge in [0.25, 0.3) is 0 Å². The molecule has 2 aliphatic rings. The molecule has 2 aromatic carbocycles. The molecule has 0 bridgehead atoms. The third-order valence-electron chi connectivity index (χ3n) is 7.37. The van der Waals surface area contributed by atoms with Gasteiger partial charge in [-0.15, -0.1) is 0 Å². The summed E-state index contributed by atoms with van der Waals surface area (Å²) in [7, 11) is 0. The predicted molar refractivity (Wildman–Crippen MR) is 124 cm³/mol. The van der Waals surface area contributed by atoms with E-state index in [0.29, 0.717) is 0 Å². The fraction of sp³-hybridized carbons (Fsp3) is 0.423. The van der Waals surface area contributed by atoms with E-state index in [4.69, 9.17) is 9.84 Å². The first kappa shape index (κ1) is 22.8. The molecule has 1 saturated heterocycles. The molecule has 0 atom stereocenters. The van der Waals surface area contributed by atoms with Crippen LogP contribution in [0.15, 0.2) is 48.5 Å². The molecule has 0 radical (unpaired) electrons. The molecule has 7 heteroatoms. The van der Waals surface area contributed by atoms with E-state index in [1.807, 2.05) is 24.3 Å². The van der Waals surface area contributed by atoms with Crippen LogP contribution in [0.2, 0.25) is 0 Å². The van der Waals surface area contributed by atoms with E-state index < -0.39 is 28.9 Å². The van der Waals surface area contributed by atoms with Crippen LogP contribution < -0.4 is 5.32 Å². The van der Waals surface area contributed by atoms with Gasteiger partial charge in [-0.3, -0.25) is 9.59 Å². The lowest BCUT2D eigenvalue weighted by atomic mass is 9.72. The number of ether oxygens (including phenoxy) is 1. The molecule has 2 amide bonds. The van der Waals surface area contributed by atoms with Crippen LogP contribution in [0, 0.1) is 11.3 Å². The highest BCUT2D eigenvalue weighted by Gasteiger charge is 2.49. The summed E-state index contributed by atoms with van der Waals surface area (Å²) < 4.78 is 5.65. The minimum Gasteiger partial charge on any atom is -0.481 e. The summed E-state index contributed by atoms with van der Waals surface area (Å²) in [5, 5.41) is 11.9. The third-order valence-corrected chi connectivity index (χ3v) is 7.37. The van der Waals surface area contributed by atoms with Crippen LogP contribution in [-0.2, 0) is 14.3 Å². The number of rotatable bonds is 6. The van der Waals surface area contributed by atoms with E-state index in [0.717, 1.165) is 22.3 Å². The fourth-order valence-electron chi connectivity index (χ4n) is 4.51. The van der Waals surface area contributed by atoms with E-state index in [9.17, 15) is 14.4 Å². The normalized spacial score (nSPS) is 15.9. The molecular formula is C26H30N2O5. The number of benzene rings is 2. The van der Waals surface area contributed by atoms with Gasteiger partial charge in [0.2, 0.25) is 5.91 Å². The third kappa shape index (κ3) is 3.96. The molecule has 0 spiro atoms. The number of hydrogen-bond donors (Lipinski definition) is 2. The number of carboxylic acids is 1. The Balaban J connectivity index is 1.40. The molecule has 2 N–H and O–H groups in total. The molecule has 174 valence electrons. The topological polar surface area (TPSA) is 95.9 Å². The number of alkyl carbamates (subject to hydrolysis) is 1. The maximum Gasteiger partial charge on any atom is 0.407 e. The van der Waals surface area contributed by atoms with Crippen LogP contribution in [0.3, 0.4) is 0 Å². The quantitative estimate of drug-likeness (QED) is 0.697. The number of carboxylic acid groups (broad SMARTS) is 1. The van der Waals surface area contributed by atoms with Crippen molar-refractivity contribution in [3.8, 4) is 11.1 Å². The van der Waals surface area contributed by atoms with Crippen molar-refractivity contribution in [2.24, 2.45) is 11.3 Å². The summed E-state index contributed by atoms with van der Waals surface area (Å²) >= 11 is 0. The Hall–Kier alpha value is -3.35. The summed E-state index contributed by atoms with van der Waals surface area (Å²) in [6, 6.07) is 16.3. The lowest BCUT2D eigenvalue weighted by molar-refractivity contribution is -0.159. The maximum atomic E-state index is 13.0. The molecule has 7 nitrogen and oxygen atoms in total. The number of hydrogen-bond acceptors (Lipinski definition) is 4. The Kier molecular flexibility index (Phi) is 5.68. The standard InChI is InChI=1S/C26H30N2O5/c1-25(2,23(31)28-13-16(14-28)22(29)30)26(3,4)27-24(32)33-15-21-19-11-7-5-9-17(19)18-10-6-8-12-20(18)21/h5-12,16,21H,13-15H2,1-4H3,(H,27,32)(H,29,30). The highest BCUT2D eigenvalue weighted by Crippen LogP contribution is 2.44. The lowest BCUT2D eigenvalue weighted by Gasteiger charge is -2.47. The number of amides is 2. The zero-order chi connectivity index (χ0) is 24.0. The first-order valence-corrected chi connectivity index (χ1v) is 11.2. The van der Waals surface area contributed by atoms with Gasteiger partial charge in [-0.05, 0) is 49.9 Å². The molecule has 2 aromatic rings. The van der Waals surface area contributed by atoms with Crippen molar-refractivity contribution in [2.75, 3.05) is 19.7 Å². The second-order valence-corrected chi connectivity index (χ2v) is 9.95. The zero-order valence-corrected chi connectivity index (χ0v) is 19.4. The Bertz CT molecular complexity index is 1060. The molecule has 1 aliphatic heterocycles. The Labute approximate surface area is 193 Å². The Morgan fingerprint density at radius 1 is 0.970 bits per heavy atom. The Morgan fingerprint density at radius 2 is 1.48 bits per heavy atom. The average molecular weight is 451 g/mol. The van der Waals surface area contributed by atoms with Gasteiger partial charge in [0.15, 0.2) is 0 Å². The summed E-state index contributed by atoms with van der Waals surface area (Å²) in [4.78, 5) is 38.4. The van der Waals surface area contributed by atoms with Crippen LogP contribution in [0.1, 0.15) is 44.7 Å². The maximum absolute atomic E-state index is 13.0. The zero-order valence-electron chi connectivity index (χ0n) is 19.4. The SMILES string of the molecule is CC(C)(NC(=O)OCC1c2ccccc2-c2ccccc21)C(C)(C)C(=O)N1CC(C(=O)O)C1. The monoisotopic (exact) mass is 450 g/mol. The first-order chi connectivity index (χ1) is 15.5. The van der Waals surface area contributed by atoms with E-state index in [2.05, 4.69) is 29.6 Å². The number of fused-ring (bicyclic) bond motifs is 3. The second kappa shape index (κ2) is 8.21. The highest BCUT2D eigenvalue weighted by atomic mass is 16.5. The first-order valence-electron chi connectivity index (χ1n) is 11.2. The van der Waals surface area contributed by atoms with Gasteiger partial charge in [-0.25, -0.2) is 4.79 Å². The average Bonchev–Trinajstić information content (AvgIpc) is 3.04. The van der Waals surface area contributed by atoms with Gasteiger partial charge in [0.1, 0.15) is 6.61 Å². The number of likely N-dealkylation sites (tertiary alicyclic amines) is 1. The molecule has 1 fully saturated rings. The van der Waals surface area contributed by atoms with Crippen molar-refractivity contribution in [3.05, 3.63) is 59.7 Å². The molecule has 1 aliphatic carbocycles. The van der Waals surface area contributed by atoms with Gasteiger partial charge >= 0.3 is 12.1 Å². The number of aliphatic carboxylic acids is 1.